The number of nitrogens with zero attached hydrogens (tertiary/aromatic N) is 5. The summed E-state index contributed by atoms with van der Waals surface area (Å²) < 4.78 is 6.35. The second-order valence-electron chi connectivity index (χ2n) is 12.1. The maximum atomic E-state index is 6.35. The summed E-state index contributed by atoms with van der Waals surface area (Å²) in [6, 6.07) is 48.7. The van der Waals surface area contributed by atoms with Gasteiger partial charge in [-0.1, -0.05) is 140 Å². The minimum Gasteiger partial charge on any atom is -0.485 e. The lowest BCUT2D eigenvalue weighted by Gasteiger charge is -2.19. The zero-order valence-electron chi connectivity index (χ0n) is 26.4. The largest absolute Gasteiger partial charge is 0.485 e. The van der Waals surface area contributed by atoms with E-state index in [9.17, 15) is 0 Å². The highest BCUT2D eigenvalue weighted by Gasteiger charge is 2.33. The van der Waals surface area contributed by atoms with Gasteiger partial charge in [-0.3, -0.25) is 0 Å². The normalized spacial score (nSPS) is 16.0. The molecule has 5 aromatic carbocycles. The van der Waals surface area contributed by atoms with Crippen molar-refractivity contribution in [1.29, 1.82) is 0 Å². The molecule has 0 N–H and O–H groups in total. The fraction of sp³-hybridized carbons (Fsp3) is 0.0465. The monoisotopic (exact) mass is 631 g/mol. The summed E-state index contributed by atoms with van der Waals surface area (Å²) >= 11 is 0. The van der Waals surface area contributed by atoms with Crippen LogP contribution in [0.1, 0.15) is 17.2 Å². The van der Waals surface area contributed by atoms with E-state index in [1.54, 1.807) is 0 Å². The van der Waals surface area contributed by atoms with Gasteiger partial charge in [-0.05, 0) is 29.8 Å². The van der Waals surface area contributed by atoms with Crippen LogP contribution in [0.4, 0.5) is 0 Å². The average molecular weight is 632 g/mol. The van der Waals surface area contributed by atoms with E-state index in [-0.39, 0.29) is 12.0 Å². The van der Waals surface area contributed by atoms with E-state index in [1.165, 1.54) is 5.56 Å². The van der Waals surface area contributed by atoms with Gasteiger partial charge in [0.1, 0.15) is 11.9 Å². The minimum absolute atomic E-state index is 0.0826. The lowest BCUT2D eigenvalue weighted by molar-refractivity contribution is 0.269. The fourth-order valence-electron chi connectivity index (χ4n) is 6.44. The summed E-state index contributed by atoms with van der Waals surface area (Å²) in [4.78, 5) is 25.0. The molecule has 232 valence electrons. The van der Waals surface area contributed by atoms with E-state index in [0.717, 1.165) is 50.5 Å². The van der Waals surface area contributed by atoms with Crippen LogP contribution in [-0.4, -0.2) is 31.0 Å². The highest BCUT2D eigenvalue weighted by atomic mass is 16.5. The van der Waals surface area contributed by atoms with Crippen molar-refractivity contribution >= 4 is 5.57 Å². The topological polar surface area (TPSA) is 73.7 Å². The summed E-state index contributed by atoms with van der Waals surface area (Å²) in [6.45, 7) is 0. The lowest BCUT2D eigenvalue weighted by Crippen LogP contribution is -2.17. The third-order valence-corrected chi connectivity index (χ3v) is 8.89. The summed E-state index contributed by atoms with van der Waals surface area (Å²) in [6.07, 6.45) is 6.49. The zero-order valence-corrected chi connectivity index (χ0v) is 26.4. The first kappa shape index (κ1) is 28.7. The van der Waals surface area contributed by atoms with Crippen molar-refractivity contribution in [3.05, 3.63) is 175 Å². The van der Waals surface area contributed by atoms with Crippen molar-refractivity contribution < 1.29 is 4.74 Å². The number of hydrogen-bond donors (Lipinski definition) is 0. The summed E-state index contributed by atoms with van der Waals surface area (Å²) in [5.74, 6) is 3.55. The van der Waals surface area contributed by atoms with E-state index in [4.69, 9.17) is 29.7 Å². The maximum Gasteiger partial charge on any atom is 0.164 e. The molecule has 2 atom stereocenters. The van der Waals surface area contributed by atoms with Crippen molar-refractivity contribution in [2.24, 2.45) is 0 Å². The van der Waals surface area contributed by atoms with Crippen molar-refractivity contribution in [1.82, 2.24) is 24.9 Å². The Labute approximate surface area is 284 Å². The van der Waals surface area contributed by atoms with Gasteiger partial charge >= 0.3 is 0 Å². The first-order valence-corrected chi connectivity index (χ1v) is 16.3. The van der Waals surface area contributed by atoms with Crippen LogP contribution < -0.4 is 4.74 Å². The van der Waals surface area contributed by atoms with E-state index >= 15 is 0 Å². The predicted molar refractivity (Wildman–Crippen MR) is 193 cm³/mol. The van der Waals surface area contributed by atoms with Gasteiger partial charge in [0, 0.05) is 39.3 Å². The molecule has 2 aliphatic rings. The van der Waals surface area contributed by atoms with E-state index in [2.05, 4.69) is 54.6 Å². The first-order chi connectivity index (χ1) is 24.2. The Kier molecular flexibility index (Phi) is 7.17. The van der Waals surface area contributed by atoms with Gasteiger partial charge in [0.15, 0.2) is 23.3 Å². The van der Waals surface area contributed by atoms with E-state index in [1.807, 2.05) is 109 Å². The molecule has 1 aliphatic heterocycles. The molecule has 0 radical (unpaired) electrons. The molecule has 2 unspecified atom stereocenters. The van der Waals surface area contributed by atoms with E-state index in [0.29, 0.717) is 23.3 Å². The number of allylic oxidation sites excluding steroid dienone is 2. The molecule has 0 saturated heterocycles. The number of rotatable bonds is 6. The molecule has 0 saturated carbocycles. The van der Waals surface area contributed by atoms with Crippen LogP contribution in [0.5, 0.6) is 5.75 Å². The Hall–Kier alpha value is -6.53. The molecule has 0 amide bonds. The average Bonchev–Trinajstić information content (AvgIpc) is 3.57. The molecule has 6 nitrogen and oxygen atoms in total. The molecule has 9 rings (SSSR count). The Morgan fingerprint density at radius 2 is 0.939 bits per heavy atom. The quantitative estimate of drug-likeness (QED) is 0.182. The maximum absolute atomic E-state index is 6.35. The number of ether oxygens (including phenoxy) is 1. The van der Waals surface area contributed by atoms with Gasteiger partial charge in [-0.15, -0.1) is 0 Å². The second kappa shape index (κ2) is 12.2. The van der Waals surface area contributed by atoms with Crippen molar-refractivity contribution in [2.45, 2.75) is 12.0 Å². The standard InChI is InChI=1S/C43H29N5O/c1-4-13-28(14-5-1)36-27-37(31-23-24-35-34-21-10-11-22-38(34)49-39(35)26-31)45-42(44-36)32-19-12-20-33(25-32)43-47-40(29-15-6-2-7-16-29)46-41(48-43)30-17-8-3-9-18-30/h1-27,35,39H. The molecule has 1 aliphatic carbocycles. The number of hydrogen-bond acceptors (Lipinski definition) is 6. The van der Waals surface area contributed by atoms with Crippen LogP contribution in [-0.2, 0) is 0 Å². The summed E-state index contributed by atoms with van der Waals surface area (Å²) in [7, 11) is 0. The van der Waals surface area contributed by atoms with Gasteiger partial charge in [0.2, 0.25) is 0 Å². The predicted octanol–water partition coefficient (Wildman–Crippen LogP) is 9.49. The highest BCUT2D eigenvalue weighted by Crippen LogP contribution is 2.43. The Bertz CT molecular complexity index is 2310. The summed E-state index contributed by atoms with van der Waals surface area (Å²) in [5.41, 5.74) is 8.48. The highest BCUT2D eigenvalue weighted by molar-refractivity contribution is 5.79. The van der Waals surface area contributed by atoms with Crippen molar-refractivity contribution in [2.75, 3.05) is 0 Å². The van der Waals surface area contributed by atoms with Crippen LogP contribution in [0.2, 0.25) is 0 Å². The SMILES string of the molecule is C1=CC2c3ccccc3OC2C=C1c1cc(-c2ccccc2)nc(-c2cccc(-c3nc(-c4ccccc4)nc(-c4ccccc4)n3)c2)n1. The van der Waals surface area contributed by atoms with Gasteiger partial charge in [0.25, 0.3) is 0 Å². The Balaban J connectivity index is 1.14. The van der Waals surface area contributed by atoms with Crippen LogP contribution in [0.3, 0.4) is 0 Å². The molecule has 0 spiro atoms. The number of fused-ring (bicyclic) bond motifs is 3. The number of para-hydroxylation sites is 1. The molecule has 2 aromatic heterocycles. The second-order valence-corrected chi connectivity index (χ2v) is 12.1. The molecule has 49 heavy (non-hydrogen) atoms. The molecular weight excluding hydrogens is 603 g/mol. The smallest absolute Gasteiger partial charge is 0.164 e. The Morgan fingerprint density at radius 1 is 0.429 bits per heavy atom. The Morgan fingerprint density at radius 3 is 1.59 bits per heavy atom. The molecule has 7 aromatic rings. The minimum atomic E-state index is -0.0826. The van der Waals surface area contributed by atoms with Crippen molar-refractivity contribution in [3.63, 3.8) is 0 Å². The fourth-order valence-corrected chi connectivity index (χ4v) is 6.44. The molecular formula is C43H29N5O. The lowest BCUT2D eigenvalue weighted by atomic mass is 9.88. The molecule has 0 fully saturated rings. The van der Waals surface area contributed by atoms with Gasteiger partial charge in [-0.25, -0.2) is 24.9 Å². The number of benzene rings is 5. The van der Waals surface area contributed by atoms with E-state index < -0.39 is 0 Å². The summed E-state index contributed by atoms with van der Waals surface area (Å²) in [5, 5.41) is 0. The third-order valence-electron chi connectivity index (χ3n) is 8.89. The van der Waals surface area contributed by atoms with Gasteiger partial charge in [-0.2, -0.15) is 0 Å². The molecule has 6 heteroatoms. The van der Waals surface area contributed by atoms with Crippen LogP contribution in [0.15, 0.2) is 164 Å². The van der Waals surface area contributed by atoms with Crippen LogP contribution in [0.25, 0.3) is 62.4 Å². The third kappa shape index (κ3) is 5.59. The molecule has 0 bridgehead atoms. The van der Waals surface area contributed by atoms with Gasteiger partial charge < -0.3 is 4.74 Å². The molecule has 3 heterocycles. The first-order valence-electron chi connectivity index (χ1n) is 16.3. The number of aromatic nitrogens is 5. The zero-order chi connectivity index (χ0) is 32.6. The van der Waals surface area contributed by atoms with Crippen LogP contribution >= 0.6 is 0 Å². The van der Waals surface area contributed by atoms with Crippen molar-refractivity contribution in [3.8, 4) is 62.6 Å². The van der Waals surface area contributed by atoms with Crippen LogP contribution in [0, 0.1) is 0 Å². The van der Waals surface area contributed by atoms with Gasteiger partial charge in [0.05, 0.1) is 11.4 Å².